The van der Waals surface area contributed by atoms with Crippen molar-refractivity contribution in [3.63, 3.8) is 0 Å². The van der Waals surface area contributed by atoms with Gasteiger partial charge in [0.1, 0.15) is 0 Å². The molecule has 0 aromatic carbocycles. The second-order valence-corrected chi connectivity index (χ2v) is 8.41. The first-order valence-corrected chi connectivity index (χ1v) is 12.2. The second kappa shape index (κ2) is 18.7. The van der Waals surface area contributed by atoms with Crippen molar-refractivity contribution in [3.8, 4) is 0 Å². The third kappa shape index (κ3) is 14.0. The molecule has 1 unspecified atom stereocenters. The second-order valence-electron chi connectivity index (χ2n) is 8.41. The number of β-amino-alcohol motifs (C(OH)–C–C–N with tert-alkyl or cyclic N) is 1. The molecule has 1 aliphatic rings. The minimum atomic E-state index is 0.238. The van der Waals surface area contributed by atoms with Gasteiger partial charge in [0.25, 0.3) is 0 Å². The number of nitrogens with one attached hydrogen (secondary N) is 1. The van der Waals surface area contributed by atoms with Gasteiger partial charge >= 0.3 is 0 Å². The van der Waals surface area contributed by atoms with Crippen LogP contribution in [0.4, 0.5) is 0 Å². The molecule has 0 bridgehead atoms. The van der Waals surface area contributed by atoms with Crippen molar-refractivity contribution in [1.29, 1.82) is 0 Å². The highest BCUT2D eigenvalue weighted by Gasteiger charge is 2.16. The summed E-state index contributed by atoms with van der Waals surface area (Å²) in [6.45, 7) is 3.27. The summed E-state index contributed by atoms with van der Waals surface area (Å²) in [5, 5.41) is 12.4. The van der Waals surface area contributed by atoms with E-state index < -0.39 is 0 Å². The molecule has 160 valence electrons. The predicted molar refractivity (Wildman–Crippen MR) is 119 cm³/mol. The van der Waals surface area contributed by atoms with Gasteiger partial charge in [-0.1, -0.05) is 110 Å². The summed E-state index contributed by atoms with van der Waals surface area (Å²) in [4.78, 5) is 2.21. The van der Waals surface area contributed by atoms with E-state index in [1.165, 1.54) is 116 Å². The smallest absolute Gasteiger partial charge is 0.0982 e. The summed E-state index contributed by atoms with van der Waals surface area (Å²) in [5.74, 6) is 0. The van der Waals surface area contributed by atoms with Crippen LogP contribution in [-0.4, -0.2) is 29.3 Å². The largest absolute Gasteiger partial charge is 0.395 e. The summed E-state index contributed by atoms with van der Waals surface area (Å²) in [6, 6.07) is 0. The molecule has 0 saturated heterocycles. The number of unbranched alkanes of at least 4 members (excludes halogenated alkanes) is 16. The molecule has 3 nitrogen and oxygen atoms in total. The minimum absolute atomic E-state index is 0.238. The Hall–Kier alpha value is -0.700. The van der Waals surface area contributed by atoms with Gasteiger partial charge in [-0.25, -0.2) is 0 Å². The first kappa shape index (κ1) is 24.3. The standard InChI is InChI=1S/C24H48N2O/c1-2-3-4-5-6-7-8-9-10-11-12-13-14-15-16-17-18-19-24-25-20-21-26(24)22-23-27/h20-21,24-25,27H,2-19,22-23H2,1H3. The van der Waals surface area contributed by atoms with Gasteiger partial charge in [-0.05, 0) is 12.8 Å². The number of aliphatic hydroxyl groups excluding tert-OH is 1. The van der Waals surface area contributed by atoms with Crippen LogP contribution in [0.5, 0.6) is 0 Å². The maximum absolute atomic E-state index is 9.06. The topological polar surface area (TPSA) is 35.5 Å². The third-order valence-corrected chi connectivity index (χ3v) is 5.89. The molecule has 0 saturated carbocycles. The molecule has 2 N–H and O–H groups in total. The number of hydrogen-bond donors (Lipinski definition) is 2. The monoisotopic (exact) mass is 380 g/mol. The Morgan fingerprint density at radius 2 is 1.15 bits per heavy atom. The van der Waals surface area contributed by atoms with Crippen LogP contribution in [-0.2, 0) is 0 Å². The summed E-state index contributed by atoms with van der Waals surface area (Å²) in [6.07, 6.45) is 29.9. The molecular formula is C24H48N2O. The summed E-state index contributed by atoms with van der Waals surface area (Å²) < 4.78 is 0. The van der Waals surface area contributed by atoms with Gasteiger partial charge in [0, 0.05) is 18.9 Å². The summed E-state index contributed by atoms with van der Waals surface area (Å²) in [7, 11) is 0. The molecule has 0 aliphatic carbocycles. The van der Waals surface area contributed by atoms with Gasteiger partial charge < -0.3 is 15.3 Å². The molecule has 0 radical (unpaired) electrons. The maximum atomic E-state index is 9.06. The van der Waals surface area contributed by atoms with Crippen molar-refractivity contribution in [2.24, 2.45) is 0 Å². The van der Waals surface area contributed by atoms with Gasteiger partial charge in [0.15, 0.2) is 0 Å². The van der Waals surface area contributed by atoms with Crippen molar-refractivity contribution in [1.82, 2.24) is 10.2 Å². The Morgan fingerprint density at radius 3 is 1.59 bits per heavy atom. The van der Waals surface area contributed by atoms with Crippen molar-refractivity contribution in [2.75, 3.05) is 13.2 Å². The van der Waals surface area contributed by atoms with Gasteiger partial charge in [-0.3, -0.25) is 0 Å². The highest BCUT2D eigenvalue weighted by atomic mass is 16.3. The predicted octanol–water partition coefficient (Wildman–Crippen LogP) is 6.72. The van der Waals surface area contributed by atoms with Gasteiger partial charge in [-0.15, -0.1) is 0 Å². The molecule has 1 aliphatic heterocycles. The Bertz CT molecular complexity index is 332. The SMILES string of the molecule is CCCCCCCCCCCCCCCCCCCC1NC=CN1CCO. The maximum Gasteiger partial charge on any atom is 0.0982 e. The van der Waals surface area contributed by atoms with Crippen LogP contribution in [0.2, 0.25) is 0 Å². The van der Waals surface area contributed by atoms with E-state index in [1.807, 2.05) is 6.20 Å². The molecule has 0 aromatic heterocycles. The molecule has 0 spiro atoms. The Balaban J connectivity index is 1.72. The fourth-order valence-electron chi connectivity index (χ4n) is 4.11. The lowest BCUT2D eigenvalue weighted by Crippen LogP contribution is -2.36. The fourth-order valence-corrected chi connectivity index (χ4v) is 4.11. The van der Waals surface area contributed by atoms with E-state index in [4.69, 9.17) is 5.11 Å². The zero-order valence-electron chi connectivity index (χ0n) is 18.3. The molecule has 1 atom stereocenters. The highest BCUT2D eigenvalue weighted by molar-refractivity contribution is 4.93. The lowest BCUT2D eigenvalue weighted by Gasteiger charge is -2.24. The van der Waals surface area contributed by atoms with E-state index in [1.54, 1.807) is 0 Å². The van der Waals surface area contributed by atoms with Crippen LogP contribution in [0.25, 0.3) is 0 Å². The van der Waals surface area contributed by atoms with Crippen LogP contribution in [0, 0.1) is 0 Å². The average molecular weight is 381 g/mol. The van der Waals surface area contributed by atoms with Crippen LogP contribution in [0.3, 0.4) is 0 Å². The van der Waals surface area contributed by atoms with Crippen molar-refractivity contribution in [3.05, 3.63) is 12.4 Å². The number of hydrogen-bond acceptors (Lipinski definition) is 3. The molecule has 1 heterocycles. The lowest BCUT2D eigenvalue weighted by atomic mass is 10.0. The van der Waals surface area contributed by atoms with Gasteiger partial charge in [0.05, 0.1) is 12.8 Å². The molecule has 0 fully saturated rings. The van der Waals surface area contributed by atoms with Gasteiger partial charge in [-0.2, -0.15) is 0 Å². The van der Waals surface area contributed by atoms with Gasteiger partial charge in [0.2, 0.25) is 0 Å². The summed E-state index contributed by atoms with van der Waals surface area (Å²) >= 11 is 0. The Kier molecular flexibility index (Phi) is 16.8. The molecule has 27 heavy (non-hydrogen) atoms. The van der Waals surface area contributed by atoms with E-state index >= 15 is 0 Å². The Morgan fingerprint density at radius 1 is 0.704 bits per heavy atom. The van der Waals surface area contributed by atoms with E-state index in [9.17, 15) is 0 Å². The van der Waals surface area contributed by atoms with E-state index in [0.29, 0.717) is 6.17 Å². The number of rotatable bonds is 20. The van der Waals surface area contributed by atoms with Crippen molar-refractivity contribution >= 4 is 0 Å². The lowest BCUT2D eigenvalue weighted by molar-refractivity contribution is 0.194. The zero-order chi connectivity index (χ0) is 19.4. The first-order chi connectivity index (χ1) is 13.4. The average Bonchev–Trinajstić information content (AvgIpc) is 3.11. The molecular weight excluding hydrogens is 332 g/mol. The quantitative estimate of drug-likeness (QED) is 0.230. The van der Waals surface area contributed by atoms with Crippen molar-refractivity contribution in [2.45, 2.75) is 129 Å². The van der Waals surface area contributed by atoms with Crippen molar-refractivity contribution < 1.29 is 5.11 Å². The summed E-state index contributed by atoms with van der Waals surface area (Å²) in [5.41, 5.74) is 0. The molecule has 0 aromatic rings. The van der Waals surface area contributed by atoms with Crippen LogP contribution in [0.1, 0.15) is 122 Å². The van der Waals surface area contributed by atoms with Crippen LogP contribution < -0.4 is 5.32 Å². The number of aliphatic hydroxyl groups is 1. The molecule has 1 rings (SSSR count). The minimum Gasteiger partial charge on any atom is -0.395 e. The third-order valence-electron chi connectivity index (χ3n) is 5.89. The molecule has 0 amide bonds. The van der Waals surface area contributed by atoms with E-state index in [-0.39, 0.29) is 6.61 Å². The first-order valence-electron chi connectivity index (χ1n) is 12.2. The normalized spacial score (nSPS) is 16.2. The molecule has 3 heteroatoms. The highest BCUT2D eigenvalue weighted by Crippen LogP contribution is 2.16. The van der Waals surface area contributed by atoms with Crippen LogP contribution in [0.15, 0.2) is 12.4 Å². The van der Waals surface area contributed by atoms with E-state index in [0.717, 1.165) is 6.54 Å². The zero-order valence-corrected chi connectivity index (χ0v) is 18.3. The number of nitrogens with zero attached hydrogens (tertiary/aromatic N) is 1. The fraction of sp³-hybridized carbons (Fsp3) is 0.917. The van der Waals surface area contributed by atoms with Crippen LogP contribution >= 0.6 is 0 Å². The Labute approximate surface area is 170 Å². The van der Waals surface area contributed by atoms with E-state index in [2.05, 4.69) is 23.3 Å².